The predicted molar refractivity (Wildman–Crippen MR) is 86.5 cm³/mol. The fraction of sp³-hybridized carbons (Fsp3) is 0.562. The molecule has 0 saturated carbocycles. The van der Waals surface area contributed by atoms with E-state index in [1.165, 1.54) is 6.07 Å². The minimum Gasteiger partial charge on any atom is -0.352 e. The van der Waals surface area contributed by atoms with E-state index in [2.05, 4.69) is 19.2 Å². The van der Waals surface area contributed by atoms with Crippen molar-refractivity contribution in [3.8, 4) is 0 Å². The molecule has 1 aromatic carbocycles. The number of para-hydroxylation sites is 1. The topological polar surface area (TPSA) is 75.5 Å². The molecule has 0 aromatic heterocycles. The molecule has 0 saturated heterocycles. The van der Waals surface area contributed by atoms with Crippen molar-refractivity contribution in [2.75, 3.05) is 13.1 Å². The number of nitro benzene ring substituents is 1. The van der Waals surface area contributed by atoms with Gasteiger partial charge in [-0.05, 0) is 19.4 Å². The highest BCUT2D eigenvalue weighted by Gasteiger charge is 2.18. The number of amides is 1. The lowest BCUT2D eigenvalue weighted by atomic mass is 10.1. The van der Waals surface area contributed by atoms with Crippen molar-refractivity contribution in [1.29, 1.82) is 0 Å². The number of nitrogens with zero attached hydrogens (tertiary/aromatic N) is 2. The molecule has 0 heterocycles. The number of likely N-dealkylation sites (N-methyl/N-ethyl adjacent to an activating group) is 1. The zero-order valence-corrected chi connectivity index (χ0v) is 13.7. The van der Waals surface area contributed by atoms with E-state index in [0.29, 0.717) is 24.6 Å². The third kappa shape index (κ3) is 5.44. The molecule has 0 aliphatic rings. The van der Waals surface area contributed by atoms with Crippen LogP contribution in [-0.2, 0) is 11.3 Å². The Morgan fingerprint density at radius 3 is 2.50 bits per heavy atom. The Hall–Kier alpha value is -1.95. The maximum Gasteiger partial charge on any atom is 0.273 e. The van der Waals surface area contributed by atoms with Crippen molar-refractivity contribution >= 4 is 11.6 Å². The fourth-order valence-electron chi connectivity index (χ4n) is 2.01. The number of carbonyl (C=O) groups excluding carboxylic acids is 1. The number of hydrogen-bond acceptors (Lipinski definition) is 4. The van der Waals surface area contributed by atoms with E-state index in [9.17, 15) is 14.9 Å². The molecule has 1 rings (SSSR count). The minimum atomic E-state index is -0.385. The van der Waals surface area contributed by atoms with Crippen LogP contribution in [-0.4, -0.2) is 34.9 Å². The van der Waals surface area contributed by atoms with E-state index in [-0.39, 0.29) is 29.1 Å². The summed E-state index contributed by atoms with van der Waals surface area (Å²) in [6.45, 7) is 9.28. The largest absolute Gasteiger partial charge is 0.352 e. The van der Waals surface area contributed by atoms with Gasteiger partial charge in [0.15, 0.2) is 0 Å². The Morgan fingerprint density at radius 1 is 1.32 bits per heavy atom. The molecule has 6 nitrogen and oxygen atoms in total. The maximum absolute atomic E-state index is 12.0. The second-order valence-corrected chi connectivity index (χ2v) is 5.79. The molecule has 22 heavy (non-hydrogen) atoms. The highest BCUT2D eigenvalue weighted by atomic mass is 16.6. The molecule has 1 N–H and O–H groups in total. The van der Waals surface area contributed by atoms with E-state index in [4.69, 9.17) is 0 Å². The molecule has 0 unspecified atom stereocenters. The van der Waals surface area contributed by atoms with Gasteiger partial charge in [-0.3, -0.25) is 19.8 Å². The SMILES string of the molecule is CCN(CC(=O)N[C@@H](C)C(C)C)Cc1ccccc1[N+](=O)[O-]. The van der Waals surface area contributed by atoms with Gasteiger partial charge in [-0.1, -0.05) is 39.0 Å². The summed E-state index contributed by atoms with van der Waals surface area (Å²) in [7, 11) is 0. The van der Waals surface area contributed by atoms with Crippen LogP contribution in [0.1, 0.15) is 33.3 Å². The lowest BCUT2D eigenvalue weighted by molar-refractivity contribution is -0.385. The van der Waals surface area contributed by atoms with Crippen LogP contribution in [0.3, 0.4) is 0 Å². The number of rotatable bonds is 8. The summed E-state index contributed by atoms with van der Waals surface area (Å²) in [6, 6.07) is 6.75. The van der Waals surface area contributed by atoms with Gasteiger partial charge < -0.3 is 5.32 Å². The van der Waals surface area contributed by atoms with Gasteiger partial charge in [-0.2, -0.15) is 0 Å². The molecule has 122 valence electrons. The van der Waals surface area contributed by atoms with Crippen molar-refractivity contribution in [3.63, 3.8) is 0 Å². The first-order valence-electron chi connectivity index (χ1n) is 7.59. The standard InChI is InChI=1S/C16H25N3O3/c1-5-18(11-16(20)17-13(4)12(2)3)10-14-8-6-7-9-15(14)19(21)22/h6-9,12-13H,5,10-11H2,1-4H3,(H,17,20)/t13-/m0/s1. The first kappa shape index (κ1) is 18.1. The lowest BCUT2D eigenvalue weighted by Crippen LogP contribution is -2.42. The van der Waals surface area contributed by atoms with E-state index < -0.39 is 0 Å². The van der Waals surface area contributed by atoms with E-state index >= 15 is 0 Å². The zero-order chi connectivity index (χ0) is 16.7. The minimum absolute atomic E-state index is 0.0540. The number of nitro groups is 1. The van der Waals surface area contributed by atoms with E-state index in [1.807, 2.05) is 18.7 Å². The quantitative estimate of drug-likeness (QED) is 0.591. The number of benzene rings is 1. The zero-order valence-electron chi connectivity index (χ0n) is 13.7. The molecule has 0 spiro atoms. The Balaban J connectivity index is 2.70. The Kier molecular flexibility index (Phi) is 6.98. The molecular formula is C16H25N3O3. The van der Waals surface area contributed by atoms with Crippen LogP contribution >= 0.6 is 0 Å². The summed E-state index contributed by atoms with van der Waals surface area (Å²) < 4.78 is 0. The molecule has 0 aliphatic heterocycles. The van der Waals surface area contributed by atoms with Gasteiger partial charge in [0.1, 0.15) is 0 Å². The Morgan fingerprint density at radius 2 is 1.95 bits per heavy atom. The van der Waals surface area contributed by atoms with Crippen molar-refractivity contribution in [3.05, 3.63) is 39.9 Å². The van der Waals surface area contributed by atoms with Crippen molar-refractivity contribution in [1.82, 2.24) is 10.2 Å². The molecule has 0 radical (unpaired) electrons. The summed E-state index contributed by atoms with van der Waals surface area (Å²) in [4.78, 5) is 24.6. The van der Waals surface area contributed by atoms with Crippen LogP contribution in [0.2, 0.25) is 0 Å². The molecule has 0 bridgehead atoms. The van der Waals surface area contributed by atoms with Crippen LogP contribution in [0, 0.1) is 16.0 Å². The van der Waals surface area contributed by atoms with Crippen LogP contribution in [0.5, 0.6) is 0 Å². The highest BCUT2D eigenvalue weighted by molar-refractivity contribution is 5.78. The van der Waals surface area contributed by atoms with Crippen LogP contribution in [0.4, 0.5) is 5.69 Å². The normalized spacial score (nSPS) is 12.5. The monoisotopic (exact) mass is 307 g/mol. The molecule has 0 fully saturated rings. The third-order valence-electron chi connectivity index (χ3n) is 3.79. The summed E-state index contributed by atoms with van der Waals surface area (Å²) in [6.07, 6.45) is 0. The average Bonchev–Trinajstić information content (AvgIpc) is 2.46. The molecular weight excluding hydrogens is 282 g/mol. The second-order valence-electron chi connectivity index (χ2n) is 5.79. The van der Waals surface area contributed by atoms with Gasteiger partial charge in [0.05, 0.1) is 11.5 Å². The summed E-state index contributed by atoms with van der Waals surface area (Å²) in [5.41, 5.74) is 0.718. The van der Waals surface area contributed by atoms with Gasteiger partial charge in [-0.25, -0.2) is 0 Å². The molecule has 6 heteroatoms. The summed E-state index contributed by atoms with van der Waals surface area (Å²) in [5.74, 6) is 0.316. The molecule has 1 atom stereocenters. The highest BCUT2D eigenvalue weighted by Crippen LogP contribution is 2.19. The van der Waals surface area contributed by atoms with Crippen molar-refractivity contribution in [2.24, 2.45) is 5.92 Å². The van der Waals surface area contributed by atoms with Crippen LogP contribution in [0.15, 0.2) is 24.3 Å². The predicted octanol–water partition coefficient (Wildman–Crippen LogP) is 2.58. The fourth-order valence-corrected chi connectivity index (χ4v) is 2.01. The van der Waals surface area contributed by atoms with Gasteiger partial charge in [0.25, 0.3) is 5.69 Å². The maximum atomic E-state index is 12.0. The smallest absolute Gasteiger partial charge is 0.273 e. The molecule has 1 aromatic rings. The number of hydrogen-bond donors (Lipinski definition) is 1. The van der Waals surface area contributed by atoms with Crippen molar-refractivity contribution < 1.29 is 9.72 Å². The van der Waals surface area contributed by atoms with E-state index in [0.717, 1.165) is 0 Å². The molecule has 1 amide bonds. The third-order valence-corrected chi connectivity index (χ3v) is 3.79. The van der Waals surface area contributed by atoms with Crippen molar-refractivity contribution in [2.45, 2.75) is 40.3 Å². The van der Waals surface area contributed by atoms with Gasteiger partial charge in [0.2, 0.25) is 5.91 Å². The Labute approximate surface area is 131 Å². The first-order chi connectivity index (χ1) is 10.3. The number of carbonyl (C=O) groups is 1. The average molecular weight is 307 g/mol. The van der Waals surface area contributed by atoms with Gasteiger partial charge in [-0.15, -0.1) is 0 Å². The second kappa shape index (κ2) is 8.48. The summed E-state index contributed by atoms with van der Waals surface area (Å²) >= 11 is 0. The number of nitrogens with one attached hydrogen (secondary N) is 1. The van der Waals surface area contributed by atoms with Crippen LogP contribution < -0.4 is 5.32 Å². The van der Waals surface area contributed by atoms with E-state index in [1.54, 1.807) is 18.2 Å². The van der Waals surface area contributed by atoms with Gasteiger partial charge >= 0.3 is 0 Å². The summed E-state index contributed by atoms with van der Waals surface area (Å²) in [5, 5.41) is 14.0. The first-order valence-corrected chi connectivity index (χ1v) is 7.59. The Bertz CT molecular complexity index is 517. The molecule has 0 aliphatic carbocycles. The van der Waals surface area contributed by atoms with Gasteiger partial charge in [0, 0.05) is 24.2 Å². The van der Waals surface area contributed by atoms with Crippen LogP contribution in [0.25, 0.3) is 0 Å². The lowest BCUT2D eigenvalue weighted by Gasteiger charge is -2.23.